The number of furan rings is 1. The fraction of sp³-hybridized carbons (Fsp3) is 0.192. The van der Waals surface area contributed by atoms with E-state index in [0.717, 1.165) is 18.4 Å². The number of nitrogens with one attached hydrogen (secondary N) is 1. The number of carbonyl (C=O) groups excluding carboxylic acids is 2. The molecule has 0 aliphatic rings. The van der Waals surface area contributed by atoms with Crippen LogP contribution in [0.5, 0.6) is 5.75 Å². The van der Waals surface area contributed by atoms with E-state index in [1.54, 1.807) is 60.7 Å². The van der Waals surface area contributed by atoms with E-state index in [1.165, 1.54) is 13.2 Å². The number of para-hydroxylation sites is 2. The maximum atomic E-state index is 12.5. The molecule has 168 valence electrons. The van der Waals surface area contributed by atoms with Gasteiger partial charge in [0.2, 0.25) is 0 Å². The zero-order chi connectivity index (χ0) is 23.6. The second-order valence-corrected chi connectivity index (χ2v) is 7.09. The molecule has 0 unspecified atom stereocenters. The van der Waals surface area contributed by atoms with Crippen LogP contribution in [0.25, 0.3) is 17.4 Å². The lowest BCUT2D eigenvalue weighted by Gasteiger charge is -2.08. The lowest BCUT2D eigenvalue weighted by Crippen LogP contribution is -2.14. The number of unbranched alkanes of at least 4 members (excludes halogenated alkanes) is 1. The lowest BCUT2D eigenvalue weighted by molar-refractivity contribution is -0.112. The van der Waals surface area contributed by atoms with Crippen molar-refractivity contribution in [3.05, 3.63) is 77.6 Å². The molecular formula is C26H24N2O5. The average Bonchev–Trinajstić information content (AvgIpc) is 3.31. The highest BCUT2D eigenvalue weighted by Gasteiger charge is 2.14. The first-order valence-electron chi connectivity index (χ1n) is 10.5. The fourth-order valence-electron chi connectivity index (χ4n) is 2.98. The Balaban J connectivity index is 1.71. The second kappa shape index (κ2) is 11.3. The number of ether oxygens (including phenoxy) is 2. The van der Waals surface area contributed by atoms with E-state index >= 15 is 0 Å². The minimum absolute atomic E-state index is 0.119. The summed E-state index contributed by atoms with van der Waals surface area (Å²) in [5.41, 5.74) is 1.55. The minimum Gasteiger partial charge on any atom is -0.495 e. The number of anilines is 1. The highest BCUT2D eigenvalue weighted by atomic mass is 16.5. The van der Waals surface area contributed by atoms with Crippen LogP contribution in [-0.4, -0.2) is 25.6 Å². The fourth-order valence-corrected chi connectivity index (χ4v) is 2.98. The molecule has 1 amide bonds. The van der Waals surface area contributed by atoms with Gasteiger partial charge in [-0.1, -0.05) is 37.6 Å². The Labute approximate surface area is 192 Å². The molecule has 3 rings (SSSR count). The molecule has 0 aliphatic carbocycles. The van der Waals surface area contributed by atoms with Crippen LogP contribution in [0.2, 0.25) is 0 Å². The number of esters is 1. The molecule has 0 bridgehead atoms. The zero-order valence-electron chi connectivity index (χ0n) is 18.5. The van der Waals surface area contributed by atoms with Gasteiger partial charge in [0.05, 0.1) is 25.0 Å². The van der Waals surface area contributed by atoms with Gasteiger partial charge in [-0.05, 0) is 42.8 Å². The number of nitriles is 1. The van der Waals surface area contributed by atoms with E-state index in [0.29, 0.717) is 35.1 Å². The molecule has 0 aliphatic heterocycles. The molecule has 1 heterocycles. The molecule has 2 aromatic carbocycles. The first kappa shape index (κ1) is 23.4. The topological polar surface area (TPSA) is 102 Å². The molecule has 3 aromatic rings. The van der Waals surface area contributed by atoms with Gasteiger partial charge in [-0.3, -0.25) is 4.79 Å². The van der Waals surface area contributed by atoms with Crippen LogP contribution in [0.1, 0.15) is 35.9 Å². The number of amides is 1. The van der Waals surface area contributed by atoms with Crippen molar-refractivity contribution in [3.8, 4) is 23.1 Å². The summed E-state index contributed by atoms with van der Waals surface area (Å²) in [6, 6.07) is 19.1. The normalized spacial score (nSPS) is 10.9. The summed E-state index contributed by atoms with van der Waals surface area (Å²) in [6.07, 6.45) is 3.15. The van der Waals surface area contributed by atoms with Crippen LogP contribution in [0.4, 0.5) is 5.69 Å². The Morgan fingerprint density at radius 2 is 1.85 bits per heavy atom. The Hall–Kier alpha value is -4.31. The highest BCUT2D eigenvalue weighted by molar-refractivity contribution is 6.10. The van der Waals surface area contributed by atoms with Gasteiger partial charge in [0, 0.05) is 11.6 Å². The van der Waals surface area contributed by atoms with Crippen molar-refractivity contribution in [1.82, 2.24) is 0 Å². The van der Waals surface area contributed by atoms with Crippen molar-refractivity contribution in [2.45, 2.75) is 19.8 Å². The molecular weight excluding hydrogens is 420 g/mol. The third-order valence-corrected chi connectivity index (χ3v) is 4.77. The Morgan fingerprint density at radius 3 is 2.55 bits per heavy atom. The van der Waals surface area contributed by atoms with Gasteiger partial charge in [0.1, 0.15) is 28.9 Å². The van der Waals surface area contributed by atoms with Crippen LogP contribution in [-0.2, 0) is 9.53 Å². The summed E-state index contributed by atoms with van der Waals surface area (Å²) in [5.74, 6) is 0.430. The predicted molar refractivity (Wildman–Crippen MR) is 125 cm³/mol. The summed E-state index contributed by atoms with van der Waals surface area (Å²) in [7, 11) is 1.50. The van der Waals surface area contributed by atoms with Gasteiger partial charge in [0.25, 0.3) is 5.91 Å². The van der Waals surface area contributed by atoms with Crippen molar-refractivity contribution in [2.24, 2.45) is 0 Å². The largest absolute Gasteiger partial charge is 0.495 e. The van der Waals surface area contributed by atoms with Crippen molar-refractivity contribution in [1.29, 1.82) is 5.26 Å². The third kappa shape index (κ3) is 6.11. The maximum absolute atomic E-state index is 12.5. The van der Waals surface area contributed by atoms with E-state index < -0.39 is 5.91 Å². The molecule has 0 radical (unpaired) electrons. The van der Waals surface area contributed by atoms with Crippen LogP contribution in [0, 0.1) is 11.3 Å². The Morgan fingerprint density at radius 1 is 1.09 bits per heavy atom. The van der Waals surface area contributed by atoms with Crippen molar-refractivity contribution < 1.29 is 23.5 Å². The van der Waals surface area contributed by atoms with E-state index in [2.05, 4.69) is 5.32 Å². The van der Waals surface area contributed by atoms with Gasteiger partial charge in [-0.25, -0.2) is 4.79 Å². The number of hydrogen-bond acceptors (Lipinski definition) is 6. The Kier molecular flexibility index (Phi) is 8.03. The minimum atomic E-state index is -0.578. The molecule has 0 saturated carbocycles. The van der Waals surface area contributed by atoms with E-state index in [9.17, 15) is 14.9 Å². The maximum Gasteiger partial charge on any atom is 0.338 e. The molecule has 7 nitrogen and oxygen atoms in total. The quantitative estimate of drug-likeness (QED) is 0.204. The summed E-state index contributed by atoms with van der Waals surface area (Å²) >= 11 is 0. The van der Waals surface area contributed by atoms with Crippen LogP contribution >= 0.6 is 0 Å². The number of carbonyl (C=O) groups is 2. The van der Waals surface area contributed by atoms with Gasteiger partial charge in [0.15, 0.2) is 0 Å². The van der Waals surface area contributed by atoms with Gasteiger partial charge in [-0.2, -0.15) is 5.26 Å². The average molecular weight is 444 g/mol. The standard InChI is InChI=1S/C26H24N2O5/c1-3-4-15-32-26(30)19-11-9-18(10-12-19)23-14-13-21(33-23)16-20(17-27)25(29)28-22-7-5-6-8-24(22)31-2/h5-14,16H,3-4,15H2,1-2H3,(H,28,29)/b20-16+. The molecule has 0 atom stereocenters. The van der Waals surface area contributed by atoms with Gasteiger partial charge in [-0.15, -0.1) is 0 Å². The zero-order valence-corrected chi connectivity index (χ0v) is 18.5. The van der Waals surface area contributed by atoms with Crippen molar-refractivity contribution in [2.75, 3.05) is 19.0 Å². The number of nitrogens with zero attached hydrogens (tertiary/aromatic N) is 1. The molecule has 0 fully saturated rings. The summed E-state index contributed by atoms with van der Waals surface area (Å²) < 4.78 is 16.2. The van der Waals surface area contributed by atoms with Crippen molar-refractivity contribution >= 4 is 23.6 Å². The summed E-state index contributed by atoms with van der Waals surface area (Å²) in [4.78, 5) is 24.6. The molecule has 0 saturated heterocycles. The highest BCUT2D eigenvalue weighted by Crippen LogP contribution is 2.26. The van der Waals surface area contributed by atoms with Crippen LogP contribution in [0.3, 0.4) is 0 Å². The molecule has 1 aromatic heterocycles. The predicted octanol–water partition coefficient (Wildman–Crippen LogP) is 5.46. The first-order valence-corrected chi connectivity index (χ1v) is 10.5. The van der Waals surface area contributed by atoms with E-state index in [1.807, 2.05) is 13.0 Å². The molecule has 0 spiro atoms. The SMILES string of the molecule is CCCCOC(=O)c1ccc(-c2ccc(/C=C(\C#N)C(=O)Nc3ccccc3OC)o2)cc1. The van der Waals surface area contributed by atoms with Gasteiger partial charge >= 0.3 is 5.97 Å². The number of hydrogen-bond donors (Lipinski definition) is 1. The number of methoxy groups -OCH3 is 1. The van der Waals surface area contributed by atoms with E-state index in [4.69, 9.17) is 13.9 Å². The number of benzene rings is 2. The smallest absolute Gasteiger partial charge is 0.338 e. The molecule has 33 heavy (non-hydrogen) atoms. The van der Waals surface area contributed by atoms with E-state index in [-0.39, 0.29) is 11.5 Å². The summed E-state index contributed by atoms with van der Waals surface area (Å²) in [6.45, 7) is 2.43. The van der Waals surface area contributed by atoms with Crippen LogP contribution in [0.15, 0.2) is 70.7 Å². The number of rotatable bonds is 9. The second-order valence-electron chi connectivity index (χ2n) is 7.09. The first-order chi connectivity index (χ1) is 16.0. The van der Waals surface area contributed by atoms with Crippen LogP contribution < -0.4 is 10.1 Å². The van der Waals surface area contributed by atoms with Gasteiger partial charge < -0.3 is 19.2 Å². The summed E-state index contributed by atoms with van der Waals surface area (Å²) in [5, 5.41) is 12.1. The van der Waals surface area contributed by atoms with Crippen molar-refractivity contribution in [3.63, 3.8) is 0 Å². The molecule has 1 N–H and O–H groups in total. The molecule has 7 heteroatoms. The lowest BCUT2D eigenvalue weighted by atomic mass is 10.1. The monoisotopic (exact) mass is 444 g/mol. The third-order valence-electron chi connectivity index (χ3n) is 4.77. The Bertz CT molecular complexity index is 1190.